The molecule has 1 saturated heterocycles. The molecule has 1 fully saturated rings. The molecule has 1 aliphatic rings. The van der Waals surface area contributed by atoms with E-state index < -0.39 is 0 Å². The van der Waals surface area contributed by atoms with Crippen LogP contribution < -0.4 is 0 Å². The van der Waals surface area contributed by atoms with E-state index in [-0.39, 0.29) is 12.0 Å². The molecule has 128 valence electrons. The quantitative estimate of drug-likeness (QED) is 0.696. The number of amides is 1. The Morgan fingerprint density at radius 3 is 2.80 bits per heavy atom. The highest BCUT2D eigenvalue weighted by Gasteiger charge is 2.22. The van der Waals surface area contributed by atoms with Gasteiger partial charge < -0.3 is 14.1 Å². The van der Waals surface area contributed by atoms with Crippen LogP contribution in [0.15, 0.2) is 47.0 Å². The third-order valence-electron chi connectivity index (χ3n) is 4.31. The zero-order valence-corrected chi connectivity index (χ0v) is 14.5. The van der Waals surface area contributed by atoms with E-state index >= 15 is 0 Å². The average molecular weight is 357 g/mol. The number of aromatic nitrogens is 1. The first-order chi connectivity index (χ1) is 12.1. The molecule has 1 aromatic carbocycles. The molecule has 1 amide bonds. The van der Waals surface area contributed by atoms with Crippen molar-refractivity contribution in [2.75, 3.05) is 19.7 Å². The fraction of sp³-hybridized carbons (Fsp3) is 0.263. The van der Waals surface area contributed by atoms with Crippen molar-refractivity contribution >= 4 is 28.6 Å². The summed E-state index contributed by atoms with van der Waals surface area (Å²) in [5.74, 6) is 0.700. The van der Waals surface area contributed by atoms with Crippen LogP contribution in [0.2, 0.25) is 5.02 Å². The highest BCUT2D eigenvalue weighted by molar-refractivity contribution is 6.34. The Morgan fingerprint density at radius 2 is 2.08 bits per heavy atom. The zero-order valence-electron chi connectivity index (χ0n) is 13.7. The Kier molecular flexibility index (Phi) is 4.19. The summed E-state index contributed by atoms with van der Waals surface area (Å²) in [6.45, 7) is 3.80. The number of benzene rings is 1. The maximum atomic E-state index is 12.6. The summed E-state index contributed by atoms with van der Waals surface area (Å²) in [7, 11) is 0. The Balaban J connectivity index is 1.58. The highest BCUT2D eigenvalue weighted by atomic mass is 35.5. The van der Waals surface area contributed by atoms with Crippen molar-refractivity contribution in [2.45, 2.75) is 13.0 Å². The Morgan fingerprint density at radius 1 is 1.28 bits per heavy atom. The minimum absolute atomic E-state index is 0.0241. The number of morpholine rings is 1. The van der Waals surface area contributed by atoms with Gasteiger partial charge in [0.1, 0.15) is 11.3 Å². The first-order valence-corrected chi connectivity index (χ1v) is 8.55. The second-order valence-corrected chi connectivity index (χ2v) is 6.53. The number of furan rings is 1. The smallest absolute Gasteiger partial charge is 0.254 e. The van der Waals surface area contributed by atoms with Gasteiger partial charge in [-0.1, -0.05) is 23.7 Å². The molecule has 0 aliphatic carbocycles. The Bertz CT molecular complexity index is 920. The topological polar surface area (TPSA) is 55.6 Å². The lowest BCUT2D eigenvalue weighted by Gasteiger charge is -2.31. The van der Waals surface area contributed by atoms with Crippen molar-refractivity contribution in [1.82, 2.24) is 9.88 Å². The van der Waals surface area contributed by atoms with Crippen LogP contribution in [-0.2, 0) is 4.74 Å². The molecule has 5 nitrogen and oxygen atoms in total. The molecule has 0 bridgehead atoms. The highest BCUT2D eigenvalue weighted by Crippen LogP contribution is 2.30. The van der Waals surface area contributed by atoms with Crippen molar-refractivity contribution in [1.29, 1.82) is 0 Å². The second-order valence-electron chi connectivity index (χ2n) is 6.13. The van der Waals surface area contributed by atoms with E-state index in [9.17, 15) is 4.79 Å². The van der Waals surface area contributed by atoms with Gasteiger partial charge in [0.2, 0.25) is 0 Å². The predicted molar refractivity (Wildman–Crippen MR) is 95.8 cm³/mol. The van der Waals surface area contributed by atoms with Gasteiger partial charge >= 0.3 is 0 Å². The van der Waals surface area contributed by atoms with Gasteiger partial charge in [0.25, 0.3) is 5.91 Å². The summed E-state index contributed by atoms with van der Waals surface area (Å²) in [6, 6.07) is 10.9. The molecule has 1 aliphatic heterocycles. The summed E-state index contributed by atoms with van der Waals surface area (Å²) in [5.41, 5.74) is 2.82. The lowest BCUT2D eigenvalue weighted by molar-refractivity contribution is -0.0124. The van der Waals surface area contributed by atoms with E-state index in [1.54, 1.807) is 12.3 Å². The summed E-state index contributed by atoms with van der Waals surface area (Å²) in [5, 5.41) is 0.532. The third kappa shape index (κ3) is 3.13. The van der Waals surface area contributed by atoms with Gasteiger partial charge in [0.05, 0.1) is 17.7 Å². The van der Waals surface area contributed by atoms with Crippen molar-refractivity contribution in [3.05, 3.63) is 53.2 Å². The molecule has 0 radical (unpaired) electrons. The minimum atomic E-state index is 0.0241. The van der Waals surface area contributed by atoms with E-state index in [0.717, 1.165) is 5.56 Å². The van der Waals surface area contributed by atoms with Crippen LogP contribution in [0.1, 0.15) is 17.3 Å². The van der Waals surface area contributed by atoms with Crippen LogP contribution in [0.25, 0.3) is 22.4 Å². The summed E-state index contributed by atoms with van der Waals surface area (Å²) < 4.78 is 11.3. The number of rotatable bonds is 2. The van der Waals surface area contributed by atoms with Gasteiger partial charge in [-0.05, 0) is 25.1 Å². The van der Waals surface area contributed by atoms with Gasteiger partial charge in [0, 0.05) is 36.5 Å². The Hall–Kier alpha value is -2.37. The maximum absolute atomic E-state index is 12.6. The average Bonchev–Trinajstić information content (AvgIpc) is 3.07. The molecule has 1 unspecified atom stereocenters. The van der Waals surface area contributed by atoms with Gasteiger partial charge in [-0.3, -0.25) is 9.78 Å². The third-order valence-corrected chi connectivity index (χ3v) is 4.61. The first kappa shape index (κ1) is 16.1. The van der Waals surface area contributed by atoms with Crippen molar-refractivity contribution < 1.29 is 13.9 Å². The molecule has 3 aromatic rings. The molecular formula is C19H17ClN2O3. The molecule has 2 aromatic heterocycles. The SMILES string of the molecule is CC1CN(C(=O)c2ccc(-c3cc4nccc(Cl)c4o3)cc2)CCO1. The van der Waals surface area contributed by atoms with E-state index in [4.69, 9.17) is 20.8 Å². The number of ether oxygens (including phenoxy) is 1. The standard InChI is InChI=1S/C19H17ClN2O3/c1-12-11-22(8-9-24-12)19(23)14-4-2-13(3-5-14)17-10-16-18(25-17)15(20)6-7-21-16/h2-7,10,12H,8-9,11H2,1H3. The van der Waals surface area contributed by atoms with Crippen molar-refractivity contribution in [2.24, 2.45) is 0 Å². The first-order valence-electron chi connectivity index (χ1n) is 8.17. The fourth-order valence-corrected chi connectivity index (χ4v) is 3.20. The summed E-state index contributed by atoms with van der Waals surface area (Å²) in [6.07, 6.45) is 1.72. The normalized spacial score (nSPS) is 17.8. The number of hydrogen-bond donors (Lipinski definition) is 0. The summed E-state index contributed by atoms with van der Waals surface area (Å²) >= 11 is 6.13. The van der Waals surface area contributed by atoms with Crippen LogP contribution in [0.3, 0.4) is 0 Å². The molecule has 3 heterocycles. The molecule has 25 heavy (non-hydrogen) atoms. The fourth-order valence-electron chi connectivity index (χ4n) is 3.01. The molecule has 6 heteroatoms. The minimum Gasteiger partial charge on any atom is -0.453 e. The number of fused-ring (bicyclic) bond motifs is 1. The molecule has 0 N–H and O–H groups in total. The van der Waals surface area contributed by atoms with Crippen LogP contribution >= 0.6 is 11.6 Å². The number of carbonyl (C=O) groups is 1. The van der Waals surface area contributed by atoms with Gasteiger partial charge in [-0.15, -0.1) is 0 Å². The van der Waals surface area contributed by atoms with Gasteiger partial charge in [0.15, 0.2) is 5.58 Å². The lowest BCUT2D eigenvalue weighted by atomic mass is 10.1. The van der Waals surface area contributed by atoms with E-state index in [0.29, 0.717) is 47.1 Å². The molecular weight excluding hydrogens is 340 g/mol. The van der Waals surface area contributed by atoms with Gasteiger partial charge in [-0.2, -0.15) is 0 Å². The number of carbonyl (C=O) groups excluding carboxylic acids is 1. The van der Waals surface area contributed by atoms with Crippen molar-refractivity contribution in [3.8, 4) is 11.3 Å². The molecule has 4 rings (SSSR count). The number of hydrogen-bond acceptors (Lipinski definition) is 4. The molecule has 0 spiro atoms. The monoisotopic (exact) mass is 356 g/mol. The van der Waals surface area contributed by atoms with Gasteiger partial charge in [-0.25, -0.2) is 0 Å². The lowest BCUT2D eigenvalue weighted by Crippen LogP contribution is -2.44. The van der Waals surface area contributed by atoms with Crippen LogP contribution in [0.4, 0.5) is 0 Å². The van der Waals surface area contributed by atoms with E-state index in [1.807, 2.05) is 42.2 Å². The Labute approximate surface area is 150 Å². The van der Waals surface area contributed by atoms with Crippen LogP contribution in [-0.4, -0.2) is 41.6 Å². The van der Waals surface area contributed by atoms with Crippen molar-refractivity contribution in [3.63, 3.8) is 0 Å². The number of halogens is 1. The maximum Gasteiger partial charge on any atom is 0.254 e. The zero-order chi connectivity index (χ0) is 17.4. The van der Waals surface area contributed by atoms with Crippen LogP contribution in [0.5, 0.6) is 0 Å². The number of pyridine rings is 1. The molecule has 0 saturated carbocycles. The van der Waals surface area contributed by atoms with E-state index in [2.05, 4.69) is 4.98 Å². The summed E-state index contributed by atoms with van der Waals surface area (Å²) in [4.78, 5) is 18.7. The van der Waals surface area contributed by atoms with Crippen LogP contribution in [0, 0.1) is 0 Å². The largest absolute Gasteiger partial charge is 0.453 e. The molecule has 1 atom stereocenters. The number of nitrogens with zero attached hydrogens (tertiary/aromatic N) is 2. The van der Waals surface area contributed by atoms with E-state index in [1.165, 1.54) is 0 Å². The second kappa shape index (κ2) is 6.50. The predicted octanol–water partition coefficient (Wildman–Crippen LogP) is 4.01.